The number of fused-ring (bicyclic) bond motifs is 1. The van der Waals surface area contributed by atoms with Crippen LogP contribution in [0.3, 0.4) is 0 Å². The van der Waals surface area contributed by atoms with E-state index in [0.717, 1.165) is 12.0 Å². The van der Waals surface area contributed by atoms with Crippen LogP contribution in [-0.4, -0.2) is 42.0 Å². The summed E-state index contributed by atoms with van der Waals surface area (Å²) in [5.74, 6) is 1.79. The van der Waals surface area contributed by atoms with Crippen molar-refractivity contribution in [1.82, 2.24) is 0 Å². The van der Waals surface area contributed by atoms with Gasteiger partial charge in [0.2, 0.25) is 5.75 Å². The maximum Gasteiger partial charge on any atom is 0.261 e. The van der Waals surface area contributed by atoms with Crippen molar-refractivity contribution >= 4 is 24.5 Å². The van der Waals surface area contributed by atoms with Crippen molar-refractivity contribution in [3.05, 3.63) is 77.9 Å². The molecule has 0 aliphatic heterocycles. The second-order valence-corrected chi connectivity index (χ2v) is 15.0. The van der Waals surface area contributed by atoms with Crippen LogP contribution in [0.15, 0.2) is 66.7 Å². The SMILES string of the molecule is COc1cc2c(c(OC)c1OC)CC[C@@H](CO[Si](c1ccccc1)(c1ccccc1)C(C)(C)C)CC2=O. The van der Waals surface area contributed by atoms with Gasteiger partial charge in [0.05, 0.1) is 21.3 Å². The molecule has 4 rings (SSSR count). The van der Waals surface area contributed by atoms with Crippen LogP contribution in [0.25, 0.3) is 0 Å². The van der Waals surface area contributed by atoms with E-state index in [4.69, 9.17) is 18.6 Å². The number of ether oxygens (including phenoxy) is 3. The van der Waals surface area contributed by atoms with Crippen molar-refractivity contribution in [2.24, 2.45) is 5.92 Å². The third kappa shape index (κ3) is 5.05. The van der Waals surface area contributed by atoms with Crippen LogP contribution in [0.2, 0.25) is 5.04 Å². The zero-order chi connectivity index (χ0) is 26.6. The van der Waals surface area contributed by atoms with Gasteiger partial charge in [-0.1, -0.05) is 81.4 Å². The van der Waals surface area contributed by atoms with Crippen molar-refractivity contribution in [1.29, 1.82) is 0 Å². The van der Waals surface area contributed by atoms with E-state index in [-0.39, 0.29) is 16.7 Å². The predicted octanol–water partition coefficient (Wildman–Crippen LogP) is 5.42. The van der Waals surface area contributed by atoms with Crippen molar-refractivity contribution in [3.8, 4) is 17.2 Å². The molecular weight excluding hydrogens is 480 g/mol. The zero-order valence-electron chi connectivity index (χ0n) is 22.8. The van der Waals surface area contributed by atoms with Gasteiger partial charge in [-0.15, -0.1) is 0 Å². The maximum atomic E-state index is 13.5. The van der Waals surface area contributed by atoms with Gasteiger partial charge in [-0.05, 0) is 40.2 Å². The minimum Gasteiger partial charge on any atom is -0.493 e. The number of ketones is 1. The molecule has 0 heterocycles. The summed E-state index contributed by atoms with van der Waals surface area (Å²) in [6, 6.07) is 23.0. The molecule has 0 bridgehead atoms. The Hall–Kier alpha value is -3.09. The second-order valence-electron chi connectivity index (χ2n) is 10.7. The van der Waals surface area contributed by atoms with Gasteiger partial charge in [-0.2, -0.15) is 0 Å². The Morgan fingerprint density at radius 1 is 0.838 bits per heavy atom. The van der Waals surface area contributed by atoms with Crippen LogP contribution < -0.4 is 24.6 Å². The van der Waals surface area contributed by atoms with E-state index in [2.05, 4.69) is 69.3 Å². The van der Waals surface area contributed by atoms with Gasteiger partial charge < -0.3 is 18.6 Å². The fourth-order valence-corrected chi connectivity index (χ4v) is 10.3. The lowest BCUT2D eigenvalue weighted by Crippen LogP contribution is -2.66. The van der Waals surface area contributed by atoms with Crippen molar-refractivity contribution in [3.63, 3.8) is 0 Å². The number of benzene rings is 3. The van der Waals surface area contributed by atoms with Crippen molar-refractivity contribution in [2.75, 3.05) is 27.9 Å². The van der Waals surface area contributed by atoms with Crippen molar-refractivity contribution < 1.29 is 23.4 Å². The molecule has 6 heteroatoms. The Morgan fingerprint density at radius 3 is 1.89 bits per heavy atom. The Bertz CT molecular complexity index is 1180. The standard InChI is InChI=1S/C31H38O5Si/c1-31(2,3)37(23-13-9-7-10-14-23,24-15-11-8-12-16-24)36-21-22-17-18-25-26(27(32)19-22)20-28(33-4)30(35-6)29(25)34-5/h7-16,20,22H,17-19,21H2,1-6H3/t22-/m1/s1. The summed E-state index contributed by atoms with van der Waals surface area (Å²) < 4.78 is 24.0. The average molecular weight is 519 g/mol. The number of rotatable bonds is 8. The van der Waals surface area contributed by atoms with Crippen LogP contribution in [-0.2, 0) is 10.8 Å². The molecule has 0 unspecified atom stereocenters. The minimum atomic E-state index is -2.67. The van der Waals surface area contributed by atoms with Gasteiger partial charge in [0, 0.05) is 24.2 Å². The number of hydrogen-bond acceptors (Lipinski definition) is 5. The first-order valence-corrected chi connectivity index (χ1v) is 14.8. The normalized spacial score (nSPS) is 16.1. The molecular formula is C31H38O5Si. The lowest BCUT2D eigenvalue weighted by molar-refractivity contribution is 0.0942. The Kier molecular flexibility index (Phi) is 8.10. The van der Waals surface area contributed by atoms with Crippen LogP contribution in [0.4, 0.5) is 0 Å². The zero-order valence-corrected chi connectivity index (χ0v) is 23.8. The third-order valence-electron chi connectivity index (χ3n) is 7.46. The number of carbonyl (C=O) groups is 1. The summed E-state index contributed by atoms with van der Waals surface area (Å²) in [7, 11) is 2.10. The van der Waals surface area contributed by atoms with E-state index >= 15 is 0 Å². The first-order valence-electron chi connectivity index (χ1n) is 12.9. The van der Waals surface area contributed by atoms with Gasteiger partial charge in [-0.25, -0.2) is 0 Å². The van der Waals surface area contributed by atoms with E-state index in [0.29, 0.717) is 42.3 Å². The molecule has 1 aliphatic carbocycles. The molecule has 0 aromatic heterocycles. The molecule has 1 atom stereocenters. The predicted molar refractivity (Wildman–Crippen MR) is 150 cm³/mol. The minimum absolute atomic E-state index is 0.0859. The molecule has 5 nitrogen and oxygen atoms in total. The molecule has 196 valence electrons. The highest BCUT2D eigenvalue weighted by atomic mass is 28.4. The van der Waals surface area contributed by atoms with E-state index in [1.807, 2.05) is 12.1 Å². The molecule has 0 saturated heterocycles. The first kappa shape index (κ1) is 27.0. The van der Waals surface area contributed by atoms with E-state index in [1.165, 1.54) is 10.4 Å². The van der Waals surface area contributed by atoms with Gasteiger partial charge in [0.1, 0.15) is 0 Å². The van der Waals surface area contributed by atoms with Crippen LogP contribution in [0, 0.1) is 5.92 Å². The molecule has 3 aromatic carbocycles. The smallest absolute Gasteiger partial charge is 0.261 e. The number of carbonyl (C=O) groups excluding carboxylic acids is 1. The van der Waals surface area contributed by atoms with E-state index in [1.54, 1.807) is 27.4 Å². The molecule has 0 radical (unpaired) electrons. The average Bonchev–Trinajstić information content (AvgIpc) is 3.06. The lowest BCUT2D eigenvalue weighted by Gasteiger charge is -2.43. The summed E-state index contributed by atoms with van der Waals surface area (Å²) >= 11 is 0. The van der Waals surface area contributed by atoms with Gasteiger partial charge in [-0.3, -0.25) is 4.79 Å². The molecule has 0 spiro atoms. The molecule has 0 N–H and O–H groups in total. The molecule has 0 saturated carbocycles. The van der Waals surface area contributed by atoms with Crippen LogP contribution in [0.1, 0.15) is 49.5 Å². The van der Waals surface area contributed by atoms with Gasteiger partial charge in [0.25, 0.3) is 8.32 Å². The highest BCUT2D eigenvalue weighted by molar-refractivity contribution is 6.99. The second kappa shape index (κ2) is 11.1. The monoisotopic (exact) mass is 518 g/mol. The summed E-state index contributed by atoms with van der Waals surface area (Å²) in [6.07, 6.45) is 1.95. The maximum absolute atomic E-state index is 13.5. The summed E-state index contributed by atoms with van der Waals surface area (Å²) in [5.41, 5.74) is 1.54. The third-order valence-corrected chi connectivity index (χ3v) is 12.5. The highest BCUT2D eigenvalue weighted by Crippen LogP contribution is 2.45. The highest BCUT2D eigenvalue weighted by Gasteiger charge is 2.50. The van der Waals surface area contributed by atoms with E-state index < -0.39 is 8.32 Å². The van der Waals surface area contributed by atoms with E-state index in [9.17, 15) is 4.79 Å². The van der Waals surface area contributed by atoms with Gasteiger partial charge in [0.15, 0.2) is 17.3 Å². The summed E-state index contributed by atoms with van der Waals surface area (Å²) in [4.78, 5) is 13.5. The Labute approximate surface area is 221 Å². The Balaban J connectivity index is 1.69. The lowest BCUT2D eigenvalue weighted by atomic mass is 9.99. The molecule has 3 aromatic rings. The van der Waals surface area contributed by atoms with Gasteiger partial charge >= 0.3 is 0 Å². The van der Waals surface area contributed by atoms with Crippen LogP contribution >= 0.6 is 0 Å². The fourth-order valence-electron chi connectivity index (χ4n) is 5.68. The molecule has 0 amide bonds. The Morgan fingerprint density at radius 2 is 1.41 bits per heavy atom. The summed E-state index contributed by atoms with van der Waals surface area (Å²) in [6.45, 7) is 7.34. The molecule has 1 aliphatic rings. The largest absolute Gasteiger partial charge is 0.493 e. The summed E-state index contributed by atoms with van der Waals surface area (Å²) in [5, 5.41) is 2.37. The number of methoxy groups -OCH3 is 3. The molecule has 0 fully saturated rings. The van der Waals surface area contributed by atoms with Crippen LogP contribution in [0.5, 0.6) is 17.2 Å². The first-order chi connectivity index (χ1) is 17.8. The fraction of sp³-hybridized carbons (Fsp3) is 0.387. The number of hydrogen-bond donors (Lipinski definition) is 0. The quantitative estimate of drug-likeness (QED) is 0.294. The molecule has 37 heavy (non-hydrogen) atoms. The number of Topliss-reactive ketones (excluding diaryl/α,β-unsaturated/α-hetero) is 1. The van der Waals surface area contributed by atoms with Crippen molar-refractivity contribution in [2.45, 2.75) is 45.1 Å². The topological polar surface area (TPSA) is 54.0 Å².